The fourth-order valence-electron chi connectivity index (χ4n) is 1.51. The van der Waals surface area contributed by atoms with E-state index in [2.05, 4.69) is 11.2 Å². The van der Waals surface area contributed by atoms with Gasteiger partial charge in [-0.25, -0.2) is 4.39 Å². The Kier molecular flexibility index (Phi) is 3.96. The lowest BCUT2D eigenvalue weighted by Crippen LogP contribution is -2.39. The Bertz CT molecular complexity index is 420. The van der Waals surface area contributed by atoms with Gasteiger partial charge in [-0.2, -0.15) is 0 Å². The maximum absolute atomic E-state index is 12.9. The van der Waals surface area contributed by atoms with Gasteiger partial charge in [0, 0.05) is 11.1 Å². The van der Waals surface area contributed by atoms with Crippen LogP contribution in [0.25, 0.3) is 0 Å². The maximum atomic E-state index is 12.9. The summed E-state index contributed by atoms with van der Waals surface area (Å²) in [5.41, 5.74) is 0.420. The van der Waals surface area contributed by atoms with Gasteiger partial charge in [0.15, 0.2) is 0 Å². The highest BCUT2D eigenvalue weighted by molar-refractivity contribution is 6.31. The molecule has 0 saturated carbocycles. The number of hydrogen-bond acceptors (Lipinski definition) is 1. The largest absolute Gasteiger partial charge is 0.295 e. The lowest BCUT2D eigenvalue weighted by Gasteiger charge is -2.26. The average Bonchev–Trinajstić information content (AvgIpc) is 2.16. The molecule has 0 aliphatic carbocycles. The summed E-state index contributed by atoms with van der Waals surface area (Å²) in [6.45, 7) is 5.75. The minimum atomic E-state index is -0.420. The average molecular weight is 240 g/mol. The van der Waals surface area contributed by atoms with Gasteiger partial charge in [-0.3, -0.25) is 5.32 Å². The minimum absolute atomic E-state index is 0.0286. The van der Waals surface area contributed by atoms with E-state index in [1.165, 1.54) is 12.1 Å². The molecule has 0 spiro atoms. The Balaban J connectivity index is 2.90. The number of terminal acetylenes is 1. The van der Waals surface area contributed by atoms with Crippen molar-refractivity contribution in [3.63, 3.8) is 0 Å². The molecule has 1 nitrogen and oxygen atoms in total. The van der Waals surface area contributed by atoms with E-state index in [4.69, 9.17) is 18.0 Å². The molecule has 1 N–H and O–H groups in total. The minimum Gasteiger partial charge on any atom is -0.295 e. The zero-order chi connectivity index (χ0) is 12.3. The van der Waals surface area contributed by atoms with Crippen LogP contribution in [0.1, 0.15) is 32.4 Å². The van der Waals surface area contributed by atoms with Gasteiger partial charge in [0.25, 0.3) is 0 Å². The van der Waals surface area contributed by atoms with Crippen molar-refractivity contribution in [3.05, 3.63) is 34.6 Å². The second kappa shape index (κ2) is 4.86. The molecule has 3 heteroatoms. The molecule has 0 aliphatic heterocycles. The molecule has 1 aromatic rings. The summed E-state index contributed by atoms with van der Waals surface area (Å²) in [5, 5.41) is 3.65. The van der Waals surface area contributed by atoms with Crippen LogP contribution in [-0.4, -0.2) is 5.54 Å². The van der Waals surface area contributed by atoms with Crippen LogP contribution in [0, 0.1) is 18.2 Å². The number of rotatable bonds is 3. The molecule has 0 aliphatic rings. The zero-order valence-electron chi connectivity index (χ0n) is 9.64. The van der Waals surface area contributed by atoms with Crippen molar-refractivity contribution >= 4 is 11.6 Å². The summed E-state index contributed by atoms with van der Waals surface area (Å²) in [7, 11) is 0. The lowest BCUT2D eigenvalue weighted by molar-refractivity contribution is 0.431. The van der Waals surface area contributed by atoms with Crippen LogP contribution in [0.4, 0.5) is 4.39 Å². The first-order valence-corrected chi connectivity index (χ1v) is 5.44. The third-order valence-corrected chi connectivity index (χ3v) is 2.69. The molecule has 86 valence electrons. The highest BCUT2D eigenvalue weighted by Gasteiger charge is 2.19. The van der Waals surface area contributed by atoms with Crippen molar-refractivity contribution in [3.8, 4) is 12.3 Å². The predicted octanol–water partition coefficient (Wildman–Crippen LogP) is 3.54. The quantitative estimate of drug-likeness (QED) is 0.796. The zero-order valence-corrected chi connectivity index (χ0v) is 10.4. The second-order valence-corrected chi connectivity index (χ2v) is 4.71. The van der Waals surface area contributed by atoms with Gasteiger partial charge >= 0.3 is 0 Å². The first-order chi connectivity index (χ1) is 7.35. The summed E-state index contributed by atoms with van der Waals surface area (Å²) in [4.78, 5) is 0. The van der Waals surface area contributed by atoms with Gasteiger partial charge in [-0.15, -0.1) is 6.42 Å². The summed E-state index contributed by atoms with van der Waals surface area (Å²) in [5.74, 6) is 2.31. The summed E-state index contributed by atoms with van der Waals surface area (Å²) in [6, 6.07) is 4.33. The van der Waals surface area contributed by atoms with E-state index in [1.54, 1.807) is 6.07 Å². The first-order valence-electron chi connectivity index (χ1n) is 5.06. The van der Waals surface area contributed by atoms with Crippen LogP contribution in [0.5, 0.6) is 0 Å². The highest BCUT2D eigenvalue weighted by Crippen LogP contribution is 2.25. The lowest BCUT2D eigenvalue weighted by atomic mass is 10.0. The summed E-state index contributed by atoms with van der Waals surface area (Å²) in [6.07, 6.45) is 5.39. The number of nitrogens with one attached hydrogen (secondary N) is 1. The molecule has 0 saturated heterocycles. The Morgan fingerprint density at radius 1 is 1.50 bits per heavy atom. The maximum Gasteiger partial charge on any atom is 0.124 e. The molecule has 1 aromatic carbocycles. The molecule has 0 radical (unpaired) electrons. The number of halogens is 2. The summed E-state index contributed by atoms with van der Waals surface area (Å²) < 4.78 is 12.9. The number of hydrogen-bond donors (Lipinski definition) is 1. The van der Waals surface area contributed by atoms with Crippen molar-refractivity contribution in [1.82, 2.24) is 5.32 Å². The van der Waals surface area contributed by atoms with Crippen molar-refractivity contribution in [2.75, 3.05) is 0 Å². The van der Waals surface area contributed by atoms with Gasteiger partial charge < -0.3 is 0 Å². The Morgan fingerprint density at radius 2 is 2.12 bits per heavy atom. The molecule has 0 bridgehead atoms. The molecule has 16 heavy (non-hydrogen) atoms. The topological polar surface area (TPSA) is 12.0 Å². The monoisotopic (exact) mass is 239 g/mol. The van der Waals surface area contributed by atoms with Crippen molar-refractivity contribution in [2.45, 2.75) is 32.4 Å². The SMILES string of the molecule is C#CC(C)(C)NC(C)c1ccc(F)cc1Cl. The van der Waals surface area contributed by atoms with E-state index in [0.717, 1.165) is 5.56 Å². The van der Waals surface area contributed by atoms with Gasteiger partial charge in [-0.05, 0) is 38.5 Å². The van der Waals surface area contributed by atoms with Crippen molar-refractivity contribution < 1.29 is 4.39 Å². The van der Waals surface area contributed by atoms with E-state index < -0.39 is 5.54 Å². The molecular formula is C13H15ClFN. The van der Waals surface area contributed by atoms with Crippen molar-refractivity contribution in [1.29, 1.82) is 0 Å². The van der Waals surface area contributed by atoms with Gasteiger partial charge in [0.1, 0.15) is 5.82 Å². The number of benzene rings is 1. The predicted molar refractivity (Wildman–Crippen MR) is 65.9 cm³/mol. The van der Waals surface area contributed by atoms with Crippen LogP contribution >= 0.6 is 11.6 Å². The standard InChI is InChI=1S/C13H15ClFN/c1-5-13(3,4)16-9(2)11-7-6-10(15)8-12(11)14/h1,6-9,16H,2-4H3. The molecule has 1 unspecified atom stereocenters. The summed E-state index contributed by atoms with van der Waals surface area (Å²) >= 11 is 5.96. The highest BCUT2D eigenvalue weighted by atomic mass is 35.5. The molecule has 0 aromatic heterocycles. The van der Waals surface area contributed by atoms with Crippen molar-refractivity contribution in [2.24, 2.45) is 0 Å². The van der Waals surface area contributed by atoms with Gasteiger partial charge in [0.05, 0.1) is 5.54 Å². The van der Waals surface area contributed by atoms with Crippen LogP contribution in [0.2, 0.25) is 5.02 Å². The molecular weight excluding hydrogens is 225 g/mol. The van der Waals surface area contributed by atoms with Crippen LogP contribution < -0.4 is 5.32 Å². The van der Waals surface area contributed by atoms with E-state index in [9.17, 15) is 4.39 Å². The van der Waals surface area contributed by atoms with E-state index in [1.807, 2.05) is 20.8 Å². The smallest absolute Gasteiger partial charge is 0.124 e. The van der Waals surface area contributed by atoms with Crippen LogP contribution in [0.15, 0.2) is 18.2 Å². The van der Waals surface area contributed by atoms with Gasteiger partial charge in [-0.1, -0.05) is 23.6 Å². The second-order valence-electron chi connectivity index (χ2n) is 4.30. The third-order valence-electron chi connectivity index (χ3n) is 2.37. The molecule has 0 heterocycles. The van der Waals surface area contributed by atoms with E-state index >= 15 is 0 Å². The Labute approximate surface area is 101 Å². The van der Waals surface area contributed by atoms with E-state index in [0.29, 0.717) is 5.02 Å². The molecule has 1 atom stereocenters. The van der Waals surface area contributed by atoms with E-state index in [-0.39, 0.29) is 11.9 Å². The molecule has 0 fully saturated rings. The van der Waals surface area contributed by atoms with Gasteiger partial charge in [0.2, 0.25) is 0 Å². The Hall–Kier alpha value is -1.04. The molecule has 1 rings (SSSR count). The first kappa shape index (κ1) is 13.0. The molecule has 0 amide bonds. The van der Waals surface area contributed by atoms with Crippen LogP contribution in [0.3, 0.4) is 0 Å². The Morgan fingerprint density at radius 3 is 2.62 bits per heavy atom. The van der Waals surface area contributed by atoms with Crippen LogP contribution in [-0.2, 0) is 0 Å². The normalized spacial score (nSPS) is 13.2. The fraction of sp³-hybridized carbons (Fsp3) is 0.385. The third kappa shape index (κ3) is 3.23. The fourth-order valence-corrected chi connectivity index (χ4v) is 1.84.